The summed E-state index contributed by atoms with van der Waals surface area (Å²) in [7, 11) is 1.37. The van der Waals surface area contributed by atoms with E-state index >= 15 is 8.78 Å². The molecule has 2 fully saturated rings. The number of nitrogens with one attached hydrogen (secondary N) is 1. The molecule has 1 N–H and O–H groups in total. The fourth-order valence-corrected chi connectivity index (χ4v) is 7.64. The molecule has 2 amide bonds. The van der Waals surface area contributed by atoms with E-state index < -0.39 is 72.5 Å². The van der Waals surface area contributed by atoms with Gasteiger partial charge in [0.05, 0.1) is 23.2 Å². The van der Waals surface area contributed by atoms with E-state index in [2.05, 4.69) is 5.32 Å². The van der Waals surface area contributed by atoms with Crippen LogP contribution in [0.2, 0.25) is 20.1 Å². The Balaban J connectivity index is 1.53. The first-order valence-corrected chi connectivity index (χ1v) is 14.6. The normalized spacial score (nSPS) is 25.2. The lowest BCUT2D eigenvalue weighted by atomic mass is 9.73. The van der Waals surface area contributed by atoms with Gasteiger partial charge in [-0.05, 0) is 37.3 Å². The Kier molecular flexibility index (Phi) is 7.52. The minimum Gasteiger partial charge on any atom is -0.457 e. The molecular weight excluding hydrogens is 670 g/mol. The van der Waals surface area contributed by atoms with Crippen molar-refractivity contribution in [2.45, 2.75) is 37.5 Å². The van der Waals surface area contributed by atoms with Crippen LogP contribution in [0.25, 0.3) is 0 Å². The summed E-state index contributed by atoms with van der Waals surface area (Å²) in [4.78, 5) is 56.4. The molecule has 10 nitrogen and oxygen atoms in total. The number of hydrogen-bond acceptors (Lipinski definition) is 8. The van der Waals surface area contributed by atoms with Crippen molar-refractivity contribution in [3.8, 4) is 0 Å². The monoisotopic (exact) mass is 689 g/mol. The zero-order valence-electron chi connectivity index (χ0n) is 22.8. The van der Waals surface area contributed by atoms with Crippen LogP contribution >= 0.6 is 46.4 Å². The first kappa shape index (κ1) is 30.8. The number of hydrogen-bond donors (Lipinski definition) is 1. The van der Waals surface area contributed by atoms with E-state index in [-0.39, 0.29) is 48.5 Å². The number of halogens is 6. The maximum Gasteiger partial charge on any atom is 0.519 e. The Morgan fingerprint density at radius 2 is 1.73 bits per heavy atom. The number of ether oxygens (including phenoxy) is 1. The highest BCUT2D eigenvalue weighted by atomic mass is 35.5. The summed E-state index contributed by atoms with van der Waals surface area (Å²) in [6.45, 7) is -0.148. The van der Waals surface area contributed by atoms with Crippen LogP contribution in [0.1, 0.15) is 23.5 Å². The first-order valence-electron chi connectivity index (χ1n) is 13.1. The minimum absolute atomic E-state index is 0.00334. The van der Waals surface area contributed by atoms with Gasteiger partial charge in [0.1, 0.15) is 11.5 Å². The molecule has 232 valence electrons. The van der Waals surface area contributed by atoms with Crippen molar-refractivity contribution >= 4 is 75.6 Å². The average molecular weight is 691 g/mol. The van der Waals surface area contributed by atoms with Crippen molar-refractivity contribution < 1.29 is 36.7 Å². The van der Waals surface area contributed by atoms with E-state index in [4.69, 9.17) is 60.0 Å². The first-order chi connectivity index (χ1) is 20.6. The quantitative estimate of drug-likeness (QED) is 0.340. The second-order valence-corrected chi connectivity index (χ2v) is 12.6. The van der Waals surface area contributed by atoms with Crippen molar-refractivity contribution in [3.63, 3.8) is 0 Å². The Labute approximate surface area is 267 Å². The number of anilines is 2. The summed E-state index contributed by atoms with van der Waals surface area (Å²) in [6, 6.07) is 5.70. The standard InChI is InChI=1S/C28H21Cl4F2N3O7/c1-11-19(44-26(41)43-11)9-42-24(39)21-20(23(38)36(2)15-4-12(29)3-13(30)5-15)18-8-27(33,34)10-37(18)28(21)16-6-14(31)7-17(32)22(16)35-25(28)40/h3-7,18,20-21H,8-10H2,1-2H3,(H,35,40). The van der Waals surface area contributed by atoms with Gasteiger partial charge in [-0.25, -0.2) is 13.6 Å². The number of aryl methyl sites for hydroxylation is 1. The van der Waals surface area contributed by atoms with Crippen LogP contribution in [0.5, 0.6) is 0 Å². The molecule has 3 aliphatic rings. The highest BCUT2D eigenvalue weighted by Crippen LogP contribution is 2.61. The highest BCUT2D eigenvalue weighted by Gasteiger charge is 2.75. The van der Waals surface area contributed by atoms with Gasteiger partial charge in [-0.15, -0.1) is 0 Å². The molecule has 0 bridgehead atoms. The maximum atomic E-state index is 15.2. The van der Waals surface area contributed by atoms with Crippen molar-refractivity contribution in [2.75, 3.05) is 23.8 Å². The summed E-state index contributed by atoms with van der Waals surface area (Å²) < 4.78 is 45.7. The fraction of sp³-hybridized carbons (Fsp3) is 0.357. The molecule has 3 aliphatic heterocycles. The Bertz CT molecular complexity index is 1780. The largest absolute Gasteiger partial charge is 0.519 e. The third-order valence-electron chi connectivity index (χ3n) is 8.32. The Morgan fingerprint density at radius 3 is 2.36 bits per heavy atom. The molecule has 4 heterocycles. The number of esters is 1. The van der Waals surface area contributed by atoms with Gasteiger partial charge in [-0.2, -0.15) is 0 Å². The molecule has 2 saturated heterocycles. The van der Waals surface area contributed by atoms with Crippen LogP contribution in [-0.4, -0.2) is 48.2 Å². The SMILES string of the molecule is Cc1oc(=O)oc1COC(=O)C1C(C(=O)N(C)c2cc(Cl)cc(Cl)c2)C2CC(F)(F)CN2C12C(=O)Nc1c(Cl)cc(Cl)cc12. The molecule has 16 heteroatoms. The molecule has 3 aromatic rings. The van der Waals surface area contributed by atoms with Gasteiger partial charge >= 0.3 is 11.8 Å². The lowest BCUT2D eigenvalue weighted by Gasteiger charge is -2.36. The number of rotatable bonds is 5. The third-order valence-corrected chi connectivity index (χ3v) is 9.28. The predicted molar refractivity (Wildman–Crippen MR) is 155 cm³/mol. The van der Waals surface area contributed by atoms with Gasteiger partial charge in [-0.3, -0.25) is 19.3 Å². The van der Waals surface area contributed by atoms with Gasteiger partial charge in [0, 0.05) is 45.8 Å². The van der Waals surface area contributed by atoms with E-state index in [1.807, 2.05) is 0 Å². The van der Waals surface area contributed by atoms with Crippen LogP contribution in [0, 0.1) is 18.8 Å². The summed E-state index contributed by atoms with van der Waals surface area (Å²) in [5.41, 5.74) is -1.85. The second kappa shape index (κ2) is 10.7. The number of carbonyl (C=O) groups excluding carboxylic acids is 3. The molecule has 1 spiro atoms. The van der Waals surface area contributed by atoms with Gasteiger partial charge in [0.25, 0.3) is 11.8 Å². The van der Waals surface area contributed by atoms with Crippen LogP contribution in [-0.2, 0) is 31.3 Å². The number of alkyl halides is 2. The van der Waals surface area contributed by atoms with Gasteiger partial charge in [0.15, 0.2) is 18.1 Å². The topological polar surface area (TPSA) is 122 Å². The Hall–Kier alpha value is -3.16. The second-order valence-electron chi connectivity index (χ2n) is 10.9. The summed E-state index contributed by atoms with van der Waals surface area (Å²) in [5.74, 6) is -10.4. The number of benzene rings is 2. The molecule has 44 heavy (non-hydrogen) atoms. The molecule has 0 saturated carbocycles. The minimum atomic E-state index is -3.33. The number of fused-ring (bicyclic) bond motifs is 4. The van der Waals surface area contributed by atoms with Crippen molar-refractivity contribution in [1.29, 1.82) is 0 Å². The molecule has 1 aromatic heterocycles. The van der Waals surface area contributed by atoms with Crippen LogP contribution < -0.4 is 16.0 Å². The smallest absolute Gasteiger partial charge is 0.457 e. The molecule has 4 unspecified atom stereocenters. The molecule has 6 rings (SSSR count). The lowest BCUT2D eigenvalue weighted by Crippen LogP contribution is -2.54. The molecule has 0 aliphatic carbocycles. The molecular formula is C28H21Cl4F2N3O7. The van der Waals surface area contributed by atoms with E-state index in [1.165, 1.54) is 44.3 Å². The van der Waals surface area contributed by atoms with Gasteiger partial charge < -0.3 is 23.8 Å². The number of amides is 2. The van der Waals surface area contributed by atoms with Crippen molar-refractivity contribution in [3.05, 3.63) is 78.1 Å². The number of carbonyl (C=O) groups is 3. The summed E-state index contributed by atoms with van der Waals surface area (Å²) in [6.07, 6.45) is -0.842. The third kappa shape index (κ3) is 4.78. The zero-order chi connectivity index (χ0) is 31.9. The van der Waals surface area contributed by atoms with Crippen molar-refractivity contribution in [1.82, 2.24) is 4.90 Å². The fourth-order valence-electron chi connectivity index (χ4n) is 6.58. The zero-order valence-corrected chi connectivity index (χ0v) is 25.8. The highest BCUT2D eigenvalue weighted by molar-refractivity contribution is 6.38. The lowest BCUT2D eigenvalue weighted by molar-refractivity contribution is -0.160. The van der Waals surface area contributed by atoms with Crippen LogP contribution in [0.15, 0.2) is 44.0 Å². The van der Waals surface area contributed by atoms with E-state index in [0.29, 0.717) is 0 Å². The van der Waals surface area contributed by atoms with E-state index in [0.717, 1.165) is 9.80 Å². The van der Waals surface area contributed by atoms with Gasteiger partial charge in [0.2, 0.25) is 5.91 Å². The van der Waals surface area contributed by atoms with Crippen molar-refractivity contribution in [2.24, 2.45) is 11.8 Å². The summed E-state index contributed by atoms with van der Waals surface area (Å²) in [5, 5.41) is 3.08. The molecule has 2 aromatic carbocycles. The van der Waals surface area contributed by atoms with E-state index in [9.17, 15) is 19.2 Å². The maximum absolute atomic E-state index is 15.2. The number of nitrogens with zero attached hydrogens (tertiary/aromatic N) is 2. The van der Waals surface area contributed by atoms with Gasteiger partial charge in [-0.1, -0.05) is 46.4 Å². The molecule has 4 atom stereocenters. The summed E-state index contributed by atoms with van der Waals surface area (Å²) >= 11 is 25.1. The van der Waals surface area contributed by atoms with Crippen LogP contribution in [0.4, 0.5) is 20.2 Å². The van der Waals surface area contributed by atoms with Crippen LogP contribution in [0.3, 0.4) is 0 Å². The average Bonchev–Trinajstić information content (AvgIpc) is 3.60. The Morgan fingerprint density at radius 1 is 1.07 bits per heavy atom. The molecule has 0 radical (unpaired) electrons. The predicted octanol–water partition coefficient (Wildman–Crippen LogP) is 5.66. The van der Waals surface area contributed by atoms with E-state index in [1.54, 1.807) is 0 Å².